The van der Waals surface area contributed by atoms with Crippen molar-refractivity contribution in [1.82, 2.24) is 14.5 Å². The van der Waals surface area contributed by atoms with Crippen LogP contribution in [0.3, 0.4) is 0 Å². The maximum Gasteiger partial charge on any atom is 0.277 e. The molecule has 5 rings (SSSR count). The topological polar surface area (TPSA) is 58.4 Å². The first kappa shape index (κ1) is 20.9. The first-order chi connectivity index (χ1) is 16.0. The Kier molecular flexibility index (Phi) is 5.38. The van der Waals surface area contributed by atoms with Crippen molar-refractivity contribution >= 4 is 22.6 Å². The summed E-state index contributed by atoms with van der Waals surface area (Å²) in [6.07, 6.45) is 0. The second-order valence-electron chi connectivity index (χ2n) is 8.15. The highest BCUT2D eigenvalue weighted by Crippen LogP contribution is 2.20. The van der Waals surface area contributed by atoms with E-state index in [9.17, 15) is 14.0 Å². The van der Waals surface area contributed by atoms with Gasteiger partial charge < -0.3 is 14.4 Å². The van der Waals surface area contributed by atoms with E-state index < -0.39 is 0 Å². The fourth-order valence-electron chi connectivity index (χ4n) is 4.24. The van der Waals surface area contributed by atoms with Gasteiger partial charge in [0.05, 0.1) is 11.0 Å². The summed E-state index contributed by atoms with van der Waals surface area (Å²) in [7, 11) is 1.74. The van der Waals surface area contributed by atoms with E-state index in [-0.39, 0.29) is 17.3 Å². The Bertz CT molecular complexity index is 1370. The summed E-state index contributed by atoms with van der Waals surface area (Å²) in [5, 5.41) is 0. The molecule has 0 aliphatic carbocycles. The Morgan fingerprint density at radius 2 is 1.55 bits per heavy atom. The Morgan fingerprint density at radius 1 is 0.879 bits per heavy atom. The molecule has 1 fully saturated rings. The molecule has 1 saturated heterocycles. The van der Waals surface area contributed by atoms with E-state index in [1.165, 1.54) is 12.1 Å². The van der Waals surface area contributed by atoms with Crippen LogP contribution in [0, 0.1) is 5.82 Å². The molecule has 1 amide bonds. The molecule has 1 aromatic heterocycles. The number of para-hydroxylation sites is 2. The van der Waals surface area contributed by atoms with E-state index in [0.717, 1.165) is 16.7 Å². The third-order valence-electron chi connectivity index (χ3n) is 6.15. The number of benzene rings is 3. The van der Waals surface area contributed by atoms with E-state index in [2.05, 4.69) is 9.88 Å². The summed E-state index contributed by atoms with van der Waals surface area (Å²) >= 11 is 0. The van der Waals surface area contributed by atoms with Crippen LogP contribution in [0.15, 0.2) is 77.6 Å². The number of hydrogen-bond acceptors (Lipinski definition) is 4. The minimum atomic E-state index is -0.257. The first-order valence-corrected chi connectivity index (χ1v) is 10.9. The smallest absolute Gasteiger partial charge is 0.277 e. The minimum absolute atomic E-state index is 0.0420. The molecule has 7 heteroatoms. The van der Waals surface area contributed by atoms with E-state index in [1.54, 1.807) is 48.0 Å². The summed E-state index contributed by atoms with van der Waals surface area (Å²) in [5.41, 5.74) is 3.92. The van der Waals surface area contributed by atoms with E-state index in [0.29, 0.717) is 43.0 Å². The van der Waals surface area contributed by atoms with Gasteiger partial charge in [0, 0.05) is 50.0 Å². The fourth-order valence-corrected chi connectivity index (χ4v) is 4.24. The molecule has 3 aromatic carbocycles. The average Bonchev–Trinajstić information content (AvgIpc) is 2.86. The number of amides is 1. The largest absolute Gasteiger partial charge is 0.368 e. The van der Waals surface area contributed by atoms with Gasteiger partial charge in [0.1, 0.15) is 11.5 Å². The van der Waals surface area contributed by atoms with Crippen molar-refractivity contribution in [3.05, 3.63) is 94.5 Å². The van der Waals surface area contributed by atoms with Gasteiger partial charge >= 0.3 is 0 Å². The summed E-state index contributed by atoms with van der Waals surface area (Å²) in [4.78, 5) is 34.3. The molecule has 0 N–H and O–H groups in total. The molecule has 4 aromatic rings. The van der Waals surface area contributed by atoms with Crippen LogP contribution in [0.1, 0.15) is 10.4 Å². The quantitative estimate of drug-likeness (QED) is 0.486. The van der Waals surface area contributed by atoms with Gasteiger partial charge in [0.15, 0.2) is 0 Å². The van der Waals surface area contributed by atoms with Crippen LogP contribution in [0.2, 0.25) is 0 Å². The van der Waals surface area contributed by atoms with Crippen molar-refractivity contribution < 1.29 is 9.18 Å². The van der Waals surface area contributed by atoms with E-state index in [4.69, 9.17) is 0 Å². The van der Waals surface area contributed by atoms with Crippen molar-refractivity contribution in [2.45, 2.75) is 0 Å². The number of hydrogen-bond donors (Lipinski definition) is 0. The number of carbonyl (C=O) groups is 1. The lowest BCUT2D eigenvalue weighted by atomic mass is 10.1. The molecule has 1 aliphatic heterocycles. The minimum Gasteiger partial charge on any atom is -0.368 e. The molecule has 166 valence electrons. The summed E-state index contributed by atoms with van der Waals surface area (Å²) in [6.45, 7) is 2.55. The van der Waals surface area contributed by atoms with Crippen molar-refractivity contribution in [3.8, 4) is 11.3 Å². The van der Waals surface area contributed by atoms with Crippen LogP contribution in [-0.2, 0) is 7.05 Å². The van der Waals surface area contributed by atoms with Gasteiger partial charge in [-0.15, -0.1) is 0 Å². The van der Waals surface area contributed by atoms with Gasteiger partial charge in [-0.3, -0.25) is 9.59 Å². The predicted molar refractivity (Wildman–Crippen MR) is 127 cm³/mol. The lowest BCUT2D eigenvalue weighted by Gasteiger charge is -2.36. The number of aryl methyl sites for hydroxylation is 1. The lowest BCUT2D eigenvalue weighted by Crippen LogP contribution is -2.48. The Hall–Kier alpha value is -4.00. The van der Waals surface area contributed by atoms with Crippen LogP contribution in [-0.4, -0.2) is 46.5 Å². The zero-order valence-electron chi connectivity index (χ0n) is 18.2. The van der Waals surface area contributed by atoms with Gasteiger partial charge in [0.25, 0.3) is 11.5 Å². The van der Waals surface area contributed by atoms with Gasteiger partial charge in [-0.2, -0.15) is 0 Å². The molecule has 0 bridgehead atoms. The van der Waals surface area contributed by atoms with Crippen molar-refractivity contribution in [2.24, 2.45) is 7.05 Å². The van der Waals surface area contributed by atoms with Gasteiger partial charge in [0.2, 0.25) is 0 Å². The van der Waals surface area contributed by atoms with Crippen molar-refractivity contribution in [1.29, 1.82) is 0 Å². The monoisotopic (exact) mass is 442 g/mol. The van der Waals surface area contributed by atoms with Crippen LogP contribution < -0.4 is 10.5 Å². The number of anilines is 1. The highest BCUT2D eigenvalue weighted by Gasteiger charge is 2.22. The normalized spacial score (nSPS) is 14.0. The summed E-state index contributed by atoms with van der Waals surface area (Å²) in [6, 6.07) is 21.0. The average molecular weight is 442 g/mol. The third-order valence-corrected chi connectivity index (χ3v) is 6.15. The maximum absolute atomic E-state index is 13.2. The Morgan fingerprint density at radius 3 is 2.24 bits per heavy atom. The molecular formula is C26H23FN4O2. The second-order valence-corrected chi connectivity index (χ2v) is 8.15. The van der Waals surface area contributed by atoms with Gasteiger partial charge in [-0.25, -0.2) is 9.37 Å². The van der Waals surface area contributed by atoms with Crippen LogP contribution >= 0.6 is 0 Å². The predicted octanol–water partition coefficient (Wildman–Crippen LogP) is 3.70. The molecule has 33 heavy (non-hydrogen) atoms. The van der Waals surface area contributed by atoms with Crippen LogP contribution in [0.4, 0.5) is 10.1 Å². The number of halogens is 1. The number of aromatic nitrogens is 2. The second kappa shape index (κ2) is 8.50. The third kappa shape index (κ3) is 3.98. The Balaban J connectivity index is 1.32. The molecule has 2 heterocycles. The molecule has 1 aliphatic rings. The molecular weight excluding hydrogens is 419 g/mol. The highest BCUT2D eigenvalue weighted by atomic mass is 19.1. The molecule has 0 atom stereocenters. The highest BCUT2D eigenvalue weighted by molar-refractivity contribution is 5.95. The van der Waals surface area contributed by atoms with E-state index >= 15 is 0 Å². The molecule has 0 saturated carbocycles. The van der Waals surface area contributed by atoms with Crippen molar-refractivity contribution in [2.75, 3.05) is 31.1 Å². The number of piperazine rings is 1. The first-order valence-electron chi connectivity index (χ1n) is 10.9. The SMILES string of the molecule is Cn1c(=O)c(-c2ccc(C(=O)N3CCN(c4ccc(F)cc4)CC3)cc2)nc2ccccc21. The number of carbonyl (C=O) groups excluding carboxylic acids is 1. The van der Waals surface area contributed by atoms with E-state index in [1.807, 2.05) is 29.2 Å². The summed E-state index contributed by atoms with van der Waals surface area (Å²) < 4.78 is 14.8. The van der Waals surface area contributed by atoms with Crippen LogP contribution in [0.5, 0.6) is 0 Å². The Labute approximate surface area is 190 Å². The summed E-state index contributed by atoms with van der Waals surface area (Å²) in [5.74, 6) is -0.299. The fraction of sp³-hybridized carbons (Fsp3) is 0.192. The number of rotatable bonds is 3. The maximum atomic E-state index is 13.2. The number of nitrogens with zero attached hydrogens (tertiary/aromatic N) is 4. The molecule has 0 spiro atoms. The molecule has 0 unspecified atom stereocenters. The van der Waals surface area contributed by atoms with Crippen LogP contribution in [0.25, 0.3) is 22.3 Å². The zero-order chi connectivity index (χ0) is 22.9. The lowest BCUT2D eigenvalue weighted by molar-refractivity contribution is 0.0747. The molecule has 0 radical (unpaired) electrons. The number of fused-ring (bicyclic) bond motifs is 1. The zero-order valence-corrected chi connectivity index (χ0v) is 18.2. The van der Waals surface area contributed by atoms with Gasteiger partial charge in [-0.05, 0) is 48.5 Å². The van der Waals surface area contributed by atoms with Crippen molar-refractivity contribution in [3.63, 3.8) is 0 Å². The van der Waals surface area contributed by atoms with Gasteiger partial charge in [-0.1, -0.05) is 24.3 Å². The standard InChI is InChI=1S/C26H23FN4O2/c1-29-23-5-3-2-4-22(23)28-24(26(29)33)18-6-8-19(9-7-18)25(32)31-16-14-30(15-17-31)21-12-10-20(27)11-13-21/h2-13H,14-17H2,1H3. The molecule has 6 nitrogen and oxygen atoms in total.